The first kappa shape index (κ1) is 14.9. The molecular weight excluding hydrogens is 204 g/mol. The Hall–Kier alpha value is -1.06. The van der Waals surface area contributed by atoms with E-state index in [1.807, 2.05) is 4.90 Å². The van der Waals surface area contributed by atoms with Crippen molar-refractivity contribution in [2.45, 2.75) is 46.5 Å². The zero-order valence-corrected chi connectivity index (χ0v) is 10.7. The quantitative estimate of drug-likeness (QED) is 0.691. The zero-order valence-electron chi connectivity index (χ0n) is 10.7. The Morgan fingerprint density at radius 2 is 1.88 bits per heavy atom. The van der Waals surface area contributed by atoms with Crippen LogP contribution in [0, 0.1) is 0 Å². The largest absolute Gasteiger partial charge is 0.356 e. The zero-order chi connectivity index (χ0) is 12.4. The standard InChI is InChI=1S/C12H24N2O2.H2/c1-4-6-10-14(9-5-2)12(16)7-8-13-11(3)15;/h4-10H2,1-3H3,(H,13,15);1H. The van der Waals surface area contributed by atoms with Gasteiger partial charge in [-0.25, -0.2) is 0 Å². The average Bonchev–Trinajstić information content (AvgIpc) is 2.23. The Kier molecular flexibility index (Phi) is 8.58. The molecule has 0 saturated heterocycles. The lowest BCUT2D eigenvalue weighted by Crippen LogP contribution is -2.35. The van der Waals surface area contributed by atoms with Gasteiger partial charge in [0.25, 0.3) is 0 Å². The van der Waals surface area contributed by atoms with Crippen LogP contribution in [0.1, 0.15) is 47.9 Å². The van der Waals surface area contributed by atoms with E-state index < -0.39 is 0 Å². The van der Waals surface area contributed by atoms with Crippen molar-refractivity contribution < 1.29 is 11.0 Å². The lowest BCUT2D eigenvalue weighted by molar-refractivity contribution is -0.131. The summed E-state index contributed by atoms with van der Waals surface area (Å²) in [5.74, 6) is 0.0625. The van der Waals surface area contributed by atoms with E-state index in [1.165, 1.54) is 6.92 Å². The van der Waals surface area contributed by atoms with Crippen LogP contribution in [0.3, 0.4) is 0 Å². The van der Waals surface area contributed by atoms with Crippen LogP contribution in [-0.4, -0.2) is 36.3 Å². The highest BCUT2D eigenvalue weighted by atomic mass is 16.2. The van der Waals surface area contributed by atoms with Gasteiger partial charge in [0.05, 0.1) is 0 Å². The Labute approximate surface area is 99.9 Å². The molecule has 0 aromatic rings. The molecule has 0 radical (unpaired) electrons. The summed E-state index contributed by atoms with van der Waals surface area (Å²) in [6.07, 6.45) is 3.53. The van der Waals surface area contributed by atoms with Crippen molar-refractivity contribution in [3.63, 3.8) is 0 Å². The van der Waals surface area contributed by atoms with Crippen molar-refractivity contribution in [3.8, 4) is 0 Å². The van der Waals surface area contributed by atoms with E-state index >= 15 is 0 Å². The third-order valence-electron chi connectivity index (χ3n) is 2.34. The summed E-state index contributed by atoms with van der Waals surface area (Å²) in [6.45, 7) is 7.75. The first-order valence-electron chi connectivity index (χ1n) is 6.14. The summed E-state index contributed by atoms with van der Waals surface area (Å²) in [5, 5.41) is 2.64. The summed E-state index contributed by atoms with van der Waals surface area (Å²) in [4.78, 5) is 24.3. The fraction of sp³-hybridized carbons (Fsp3) is 0.833. The number of nitrogens with one attached hydrogen (secondary N) is 1. The molecule has 16 heavy (non-hydrogen) atoms. The van der Waals surface area contributed by atoms with Gasteiger partial charge in [-0.2, -0.15) is 0 Å². The Morgan fingerprint density at radius 3 is 2.38 bits per heavy atom. The number of unbranched alkanes of at least 4 members (excludes halogenated alkanes) is 1. The van der Waals surface area contributed by atoms with Crippen LogP contribution in [-0.2, 0) is 9.59 Å². The highest BCUT2D eigenvalue weighted by Crippen LogP contribution is 2.00. The normalized spacial score (nSPS) is 9.94. The molecule has 0 rings (SSSR count). The molecule has 0 unspecified atom stereocenters. The molecule has 0 aliphatic carbocycles. The van der Waals surface area contributed by atoms with Crippen LogP contribution in [0.4, 0.5) is 0 Å². The van der Waals surface area contributed by atoms with Crippen molar-refractivity contribution >= 4 is 11.8 Å². The number of hydrogen-bond donors (Lipinski definition) is 1. The second-order valence-electron chi connectivity index (χ2n) is 3.97. The molecule has 0 fully saturated rings. The fourth-order valence-electron chi connectivity index (χ4n) is 1.48. The number of amides is 2. The molecule has 96 valence electrons. The highest BCUT2D eigenvalue weighted by Gasteiger charge is 2.11. The van der Waals surface area contributed by atoms with Gasteiger partial charge in [0.2, 0.25) is 11.8 Å². The van der Waals surface area contributed by atoms with Crippen molar-refractivity contribution in [1.82, 2.24) is 10.2 Å². The van der Waals surface area contributed by atoms with Crippen molar-refractivity contribution in [3.05, 3.63) is 0 Å². The van der Waals surface area contributed by atoms with E-state index in [1.54, 1.807) is 0 Å². The van der Waals surface area contributed by atoms with Crippen molar-refractivity contribution in [2.75, 3.05) is 19.6 Å². The van der Waals surface area contributed by atoms with Gasteiger partial charge in [-0.05, 0) is 12.8 Å². The number of nitrogens with zero attached hydrogens (tertiary/aromatic N) is 1. The van der Waals surface area contributed by atoms with Gasteiger partial charge in [-0.1, -0.05) is 20.3 Å². The average molecular weight is 230 g/mol. The minimum atomic E-state index is -0.0802. The van der Waals surface area contributed by atoms with Crippen LogP contribution < -0.4 is 5.32 Å². The fourth-order valence-corrected chi connectivity index (χ4v) is 1.48. The molecule has 0 saturated carbocycles. The molecule has 0 aliphatic heterocycles. The summed E-state index contributed by atoms with van der Waals surface area (Å²) in [6, 6.07) is 0. The molecule has 0 heterocycles. The third-order valence-corrected chi connectivity index (χ3v) is 2.34. The maximum Gasteiger partial charge on any atom is 0.224 e. The topological polar surface area (TPSA) is 49.4 Å². The molecule has 4 heteroatoms. The molecule has 4 nitrogen and oxygen atoms in total. The minimum Gasteiger partial charge on any atom is -0.356 e. The predicted octanol–water partition coefficient (Wildman–Crippen LogP) is 1.80. The Bertz CT molecular complexity index is 223. The van der Waals surface area contributed by atoms with Gasteiger partial charge < -0.3 is 10.2 Å². The molecule has 0 aliphatic rings. The van der Waals surface area contributed by atoms with Gasteiger partial charge in [0.1, 0.15) is 0 Å². The monoisotopic (exact) mass is 230 g/mol. The molecule has 2 amide bonds. The number of carbonyl (C=O) groups excluding carboxylic acids is 2. The number of carbonyl (C=O) groups is 2. The van der Waals surface area contributed by atoms with Crippen LogP contribution in [0.2, 0.25) is 0 Å². The van der Waals surface area contributed by atoms with Crippen LogP contribution in [0.15, 0.2) is 0 Å². The predicted molar refractivity (Wildman–Crippen MR) is 67.2 cm³/mol. The van der Waals surface area contributed by atoms with E-state index in [4.69, 9.17) is 0 Å². The molecule has 0 atom stereocenters. The van der Waals surface area contributed by atoms with Crippen LogP contribution in [0.5, 0.6) is 0 Å². The van der Waals surface area contributed by atoms with Gasteiger partial charge in [-0.15, -0.1) is 0 Å². The first-order valence-corrected chi connectivity index (χ1v) is 6.14. The minimum absolute atomic E-state index is 0. The summed E-state index contributed by atoms with van der Waals surface area (Å²) >= 11 is 0. The third kappa shape index (κ3) is 7.26. The smallest absolute Gasteiger partial charge is 0.224 e. The molecule has 0 bridgehead atoms. The van der Waals surface area contributed by atoms with E-state index in [9.17, 15) is 9.59 Å². The lowest BCUT2D eigenvalue weighted by Gasteiger charge is -2.21. The van der Waals surface area contributed by atoms with Crippen molar-refractivity contribution in [2.24, 2.45) is 0 Å². The molecule has 0 aromatic carbocycles. The SMILES string of the molecule is CCCCN(CCC)C(=O)CCNC(C)=O.[HH]. The summed E-state index contributed by atoms with van der Waals surface area (Å²) in [5.41, 5.74) is 0. The van der Waals surface area contributed by atoms with Gasteiger partial charge >= 0.3 is 0 Å². The summed E-state index contributed by atoms with van der Waals surface area (Å²) in [7, 11) is 0. The molecule has 0 aromatic heterocycles. The van der Waals surface area contributed by atoms with Gasteiger partial charge in [0.15, 0.2) is 0 Å². The number of hydrogen-bond acceptors (Lipinski definition) is 2. The second kappa shape index (κ2) is 9.19. The number of rotatable bonds is 8. The first-order chi connectivity index (χ1) is 7.61. The maximum atomic E-state index is 11.8. The van der Waals surface area contributed by atoms with Crippen LogP contribution in [0.25, 0.3) is 0 Å². The van der Waals surface area contributed by atoms with E-state index in [2.05, 4.69) is 19.2 Å². The van der Waals surface area contributed by atoms with Gasteiger partial charge in [-0.3, -0.25) is 9.59 Å². The Morgan fingerprint density at radius 1 is 1.19 bits per heavy atom. The molecule has 0 spiro atoms. The molecule has 1 N–H and O–H groups in total. The molecular formula is C12H26N2O2. The van der Waals surface area contributed by atoms with E-state index in [0.717, 1.165) is 32.4 Å². The second-order valence-corrected chi connectivity index (χ2v) is 3.97. The van der Waals surface area contributed by atoms with Crippen LogP contribution >= 0.6 is 0 Å². The lowest BCUT2D eigenvalue weighted by atomic mass is 10.2. The summed E-state index contributed by atoms with van der Waals surface area (Å²) < 4.78 is 0. The van der Waals surface area contributed by atoms with E-state index in [0.29, 0.717) is 13.0 Å². The highest BCUT2D eigenvalue weighted by molar-refractivity contribution is 5.78. The maximum absolute atomic E-state index is 11.8. The Balaban J connectivity index is 0. The van der Waals surface area contributed by atoms with Crippen molar-refractivity contribution in [1.29, 1.82) is 0 Å². The van der Waals surface area contributed by atoms with E-state index in [-0.39, 0.29) is 13.2 Å². The van der Waals surface area contributed by atoms with Gasteiger partial charge in [0, 0.05) is 34.4 Å².